The van der Waals surface area contributed by atoms with E-state index in [9.17, 15) is 18.8 Å². The molecule has 1 unspecified atom stereocenters. The highest BCUT2D eigenvalue weighted by Crippen LogP contribution is 2.38. The summed E-state index contributed by atoms with van der Waals surface area (Å²) in [6.45, 7) is 5.75. The Balaban J connectivity index is 1.99. The third-order valence-corrected chi connectivity index (χ3v) is 4.02. The van der Waals surface area contributed by atoms with Crippen LogP contribution in [0.15, 0.2) is 36.4 Å². The lowest BCUT2D eigenvalue weighted by Gasteiger charge is -2.26. The third-order valence-electron chi connectivity index (χ3n) is 4.02. The Hall–Kier alpha value is -2.94. The first-order valence-corrected chi connectivity index (χ1v) is 8.17. The van der Waals surface area contributed by atoms with Crippen molar-refractivity contribution in [3.05, 3.63) is 64.7 Å². The van der Waals surface area contributed by atoms with Gasteiger partial charge >= 0.3 is 0 Å². The fourth-order valence-electron chi connectivity index (χ4n) is 3.01. The largest absolute Gasteiger partial charge is 0.488 e. The molecule has 1 heterocycles. The molecule has 0 saturated heterocycles. The van der Waals surface area contributed by atoms with E-state index in [2.05, 4.69) is 0 Å². The number of ether oxygens (including phenoxy) is 1. The van der Waals surface area contributed by atoms with E-state index in [-0.39, 0.29) is 17.7 Å². The summed E-state index contributed by atoms with van der Waals surface area (Å²) in [4.78, 5) is 13.9. The van der Waals surface area contributed by atoms with Crippen LogP contribution >= 0.6 is 0 Å². The molecule has 1 aliphatic heterocycles. The molecular weight excluding hydrogens is 338 g/mol. The lowest BCUT2D eigenvalue weighted by molar-refractivity contribution is 0.0738. The van der Waals surface area contributed by atoms with E-state index in [1.807, 2.05) is 32.9 Å². The average molecular weight is 356 g/mol. The Morgan fingerprint density at radius 2 is 1.92 bits per heavy atom. The second kappa shape index (κ2) is 6.41. The van der Waals surface area contributed by atoms with Crippen LogP contribution in [0.2, 0.25) is 0 Å². The van der Waals surface area contributed by atoms with Crippen LogP contribution in [-0.2, 0) is 6.54 Å². The third kappa shape index (κ3) is 3.25. The lowest BCUT2D eigenvalue weighted by atomic mass is 10.0. The standard InChI is InChI=1S/C20H18F2N2O2/c1-20(2,3)26-17-7-5-4-6-12(17)11-24-16(10-23)18-14(19(24)25)8-13(21)9-15(18)22/h4-9,16H,11H2,1-3H3. The Morgan fingerprint density at radius 1 is 1.23 bits per heavy atom. The molecule has 4 nitrogen and oxygen atoms in total. The molecule has 2 aromatic rings. The number of nitriles is 1. The minimum Gasteiger partial charge on any atom is -0.488 e. The Morgan fingerprint density at radius 3 is 2.58 bits per heavy atom. The minimum absolute atomic E-state index is 0.0546. The number of nitrogens with zero attached hydrogens (tertiary/aromatic N) is 2. The van der Waals surface area contributed by atoms with Gasteiger partial charge in [-0.05, 0) is 32.9 Å². The van der Waals surface area contributed by atoms with Crippen LogP contribution in [-0.4, -0.2) is 16.4 Å². The maximum absolute atomic E-state index is 14.2. The van der Waals surface area contributed by atoms with Crippen molar-refractivity contribution in [3.8, 4) is 11.8 Å². The topological polar surface area (TPSA) is 53.3 Å². The predicted octanol–water partition coefficient (Wildman–Crippen LogP) is 4.36. The second-order valence-electron chi connectivity index (χ2n) is 7.14. The van der Waals surface area contributed by atoms with Gasteiger partial charge in [0.05, 0.1) is 18.2 Å². The molecule has 0 N–H and O–H groups in total. The lowest BCUT2D eigenvalue weighted by Crippen LogP contribution is -2.28. The molecular formula is C20H18F2N2O2. The fourth-order valence-corrected chi connectivity index (χ4v) is 3.01. The second-order valence-corrected chi connectivity index (χ2v) is 7.14. The van der Waals surface area contributed by atoms with Gasteiger partial charge in [0.2, 0.25) is 0 Å². The minimum atomic E-state index is -1.11. The molecule has 2 aromatic carbocycles. The van der Waals surface area contributed by atoms with E-state index in [4.69, 9.17) is 4.74 Å². The van der Waals surface area contributed by atoms with Crippen LogP contribution in [0.25, 0.3) is 0 Å². The smallest absolute Gasteiger partial charge is 0.256 e. The number of halogens is 2. The van der Waals surface area contributed by atoms with Crippen molar-refractivity contribution >= 4 is 5.91 Å². The van der Waals surface area contributed by atoms with Gasteiger partial charge in [0.15, 0.2) is 0 Å². The molecule has 6 heteroatoms. The summed E-state index contributed by atoms with van der Waals surface area (Å²) in [5.74, 6) is -1.73. The number of rotatable bonds is 3. The van der Waals surface area contributed by atoms with Crippen molar-refractivity contribution in [2.24, 2.45) is 0 Å². The number of para-hydroxylation sites is 1. The fraction of sp³-hybridized carbons (Fsp3) is 0.300. The van der Waals surface area contributed by atoms with Crippen LogP contribution in [0.4, 0.5) is 8.78 Å². The molecule has 0 radical (unpaired) electrons. The van der Waals surface area contributed by atoms with E-state index in [1.54, 1.807) is 18.2 Å². The zero-order chi connectivity index (χ0) is 19.1. The zero-order valence-corrected chi connectivity index (χ0v) is 14.7. The van der Waals surface area contributed by atoms with E-state index < -0.39 is 29.2 Å². The van der Waals surface area contributed by atoms with E-state index in [0.29, 0.717) is 17.4 Å². The van der Waals surface area contributed by atoms with Crippen LogP contribution in [0.5, 0.6) is 5.75 Å². The molecule has 0 aromatic heterocycles. The summed E-state index contributed by atoms with van der Waals surface area (Å²) in [5, 5.41) is 9.49. The van der Waals surface area contributed by atoms with Crippen LogP contribution in [0, 0.1) is 23.0 Å². The molecule has 26 heavy (non-hydrogen) atoms. The summed E-state index contributed by atoms with van der Waals surface area (Å²) in [5.41, 5.74) is 0.0545. The maximum atomic E-state index is 14.2. The molecule has 1 atom stereocenters. The summed E-state index contributed by atoms with van der Waals surface area (Å²) in [6, 6.07) is 9.66. The van der Waals surface area contributed by atoms with Gasteiger partial charge in [-0.15, -0.1) is 0 Å². The zero-order valence-electron chi connectivity index (χ0n) is 14.7. The van der Waals surface area contributed by atoms with Gasteiger partial charge in [-0.3, -0.25) is 4.79 Å². The number of hydrogen-bond donors (Lipinski definition) is 0. The molecule has 1 aliphatic rings. The van der Waals surface area contributed by atoms with Crippen molar-refractivity contribution in [1.29, 1.82) is 5.26 Å². The van der Waals surface area contributed by atoms with Gasteiger partial charge in [0, 0.05) is 17.2 Å². The highest BCUT2D eigenvalue weighted by Gasteiger charge is 2.40. The van der Waals surface area contributed by atoms with Gasteiger partial charge in [-0.1, -0.05) is 18.2 Å². The van der Waals surface area contributed by atoms with Crippen molar-refractivity contribution in [3.63, 3.8) is 0 Å². The number of benzene rings is 2. The Labute approximate surface area is 150 Å². The summed E-state index contributed by atoms with van der Waals surface area (Å²) < 4.78 is 33.6. The summed E-state index contributed by atoms with van der Waals surface area (Å²) in [6.07, 6.45) is 0. The van der Waals surface area contributed by atoms with E-state index in [1.165, 1.54) is 4.90 Å². The molecule has 0 spiro atoms. The Bertz CT molecular complexity index is 913. The number of carbonyl (C=O) groups excluding carboxylic acids is 1. The molecule has 0 bridgehead atoms. The van der Waals surface area contributed by atoms with Crippen LogP contribution in [0.3, 0.4) is 0 Å². The predicted molar refractivity (Wildman–Crippen MR) is 91.4 cm³/mol. The van der Waals surface area contributed by atoms with Crippen LogP contribution in [0.1, 0.15) is 48.3 Å². The summed E-state index contributed by atoms with van der Waals surface area (Å²) in [7, 11) is 0. The monoisotopic (exact) mass is 356 g/mol. The molecule has 3 rings (SSSR count). The van der Waals surface area contributed by atoms with Gasteiger partial charge in [-0.25, -0.2) is 8.78 Å². The molecule has 0 saturated carbocycles. The van der Waals surface area contributed by atoms with E-state index in [0.717, 1.165) is 6.07 Å². The quantitative estimate of drug-likeness (QED) is 0.821. The van der Waals surface area contributed by atoms with Crippen molar-refractivity contribution in [1.82, 2.24) is 4.90 Å². The number of amides is 1. The average Bonchev–Trinajstić information content (AvgIpc) is 2.80. The molecule has 0 fully saturated rings. The molecule has 134 valence electrons. The van der Waals surface area contributed by atoms with Crippen molar-refractivity contribution < 1.29 is 18.3 Å². The Kier molecular flexibility index (Phi) is 4.41. The van der Waals surface area contributed by atoms with Crippen LogP contribution < -0.4 is 4.74 Å². The van der Waals surface area contributed by atoms with Gasteiger partial charge in [0.25, 0.3) is 5.91 Å². The first-order valence-electron chi connectivity index (χ1n) is 8.17. The first kappa shape index (κ1) is 17.9. The first-order chi connectivity index (χ1) is 12.2. The number of carbonyl (C=O) groups is 1. The van der Waals surface area contributed by atoms with Gasteiger partial charge in [0.1, 0.15) is 29.0 Å². The highest BCUT2D eigenvalue weighted by atomic mass is 19.1. The molecule has 1 amide bonds. The normalized spacial score (nSPS) is 16.4. The SMILES string of the molecule is CC(C)(C)Oc1ccccc1CN1C(=O)c2cc(F)cc(F)c2C1C#N. The highest BCUT2D eigenvalue weighted by molar-refractivity contribution is 5.99. The number of fused-ring (bicyclic) bond motifs is 1. The van der Waals surface area contributed by atoms with Gasteiger partial charge < -0.3 is 9.64 Å². The molecule has 0 aliphatic carbocycles. The van der Waals surface area contributed by atoms with Crippen molar-refractivity contribution in [2.75, 3.05) is 0 Å². The number of hydrogen-bond acceptors (Lipinski definition) is 3. The van der Waals surface area contributed by atoms with Crippen molar-refractivity contribution in [2.45, 2.75) is 39.0 Å². The maximum Gasteiger partial charge on any atom is 0.256 e. The van der Waals surface area contributed by atoms with E-state index >= 15 is 0 Å². The van der Waals surface area contributed by atoms with Gasteiger partial charge in [-0.2, -0.15) is 5.26 Å². The summed E-state index contributed by atoms with van der Waals surface area (Å²) >= 11 is 0.